The minimum Gasteiger partial charge on any atom is -0.299 e. The van der Waals surface area contributed by atoms with Crippen molar-refractivity contribution in [3.05, 3.63) is 57.7 Å². The van der Waals surface area contributed by atoms with Crippen molar-refractivity contribution >= 4 is 22.8 Å². The van der Waals surface area contributed by atoms with E-state index in [4.69, 9.17) is 5.41 Å². The highest BCUT2D eigenvalue weighted by Crippen LogP contribution is 2.29. The lowest BCUT2D eigenvalue weighted by Crippen LogP contribution is -2.12. The van der Waals surface area contributed by atoms with Crippen molar-refractivity contribution in [2.24, 2.45) is 5.10 Å². The second-order valence-electron chi connectivity index (χ2n) is 4.48. The van der Waals surface area contributed by atoms with Crippen LogP contribution in [-0.2, 0) is 0 Å². The maximum atomic E-state index is 11.1. The molecule has 0 amide bonds. The molecule has 20 heavy (non-hydrogen) atoms. The summed E-state index contributed by atoms with van der Waals surface area (Å²) in [6, 6.07) is 3.42. The number of nitrogens with zero attached hydrogens (tertiary/aromatic N) is 2. The third-order valence-electron chi connectivity index (χ3n) is 2.83. The Kier molecular flexibility index (Phi) is 3.74. The number of aryl methyl sites for hydroxylation is 2. The van der Waals surface area contributed by atoms with E-state index in [0.29, 0.717) is 17.0 Å². The van der Waals surface area contributed by atoms with Crippen LogP contribution in [0, 0.1) is 29.4 Å². The van der Waals surface area contributed by atoms with Crippen LogP contribution in [0.25, 0.3) is 0 Å². The third kappa shape index (κ3) is 2.80. The van der Waals surface area contributed by atoms with E-state index in [1.165, 1.54) is 0 Å². The van der Waals surface area contributed by atoms with E-state index in [1.807, 2.05) is 6.92 Å². The van der Waals surface area contributed by atoms with Crippen LogP contribution in [-0.4, -0.2) is 16.3 Å². The van der Waals surface area contributed by atoms with E-state index in [1.54, 1.807) is 43.4 Å². The molecule has 0 spiro atoms. The number of hydrogen-bond donors (Lipinski definition) is 2. The van der Waals surface area contributed by atoms with Gasteiger partial charge in [0.05, 0.1) is 10.6 Å². The topological polar surface area (TPSA) is 91.4 Å². The predicted molar refractivity (Wildman–Crippen MR) is 79.6 cm³/mol. The number of nitro benzene ring substituents is 1. The molecule has 0 bridgehead atoms. The number of benzene rings is 1. The number of rotatable bonds is 3. The highest BCUT2D eigenvalue weighted by atomic mass is 16.6. The van der Waals surface area contributed by atoms with Gasteiger partial charge in [-0.25, -0.2) is 0 Å². The monoisotopic (exact) mass is 270 g/mol. The summed E-state index contributed by atoms with van der Waals surface area (Å²) in [7, 11) is 0. The van der Waals surface area contributed by atoms with Crippen molar-refractivity contribution in [1.29, 1.82) is 5.41 Å². The highest BCUT2D eigenvalue weighted by molar-refractivity contribution is 6.50. The van der Waals surface area contributed by atoms with E-state index in [0.717, 1.165) is 5.56 Å². The van der Waals surface area contributed by atoms with E-state index < -0.39 is 4.92 Å². The molecule has 1 aliphatic carbocycles. The normalized spacial score (nSPS) is 15.7. The molecule has 2 N–H and O–H groups in total. The zero-order valence-electron chi connectivity index (χ0n) is 11.2. The van der Waals surface area contributed by atoms with Crippen molar-refractivity contribution in [2.75, 3.05) is 5.43 Å². The Balaban J connectivity index is 2.36. The molecule has 0 aromatic heterocycles. The number of nitrogens with one attached hydrogen (secondary N) is 2. The van der Waals surface area contributed by atoms with Crippen molar-refractivity contribution in [3.63, 3.8) is 0 Å². The molecule has 0 fully saturated rings. The van der Waals surface area contributed by atoms with Crippen LogP contribution in [0.3, 0.4) is 0 Å². The van der Waals surface area contributed by atoms with Crippen LogP contribution in [0.5, 0.6) is 0 Å². The van der Waals surface area contributed by atoms with Crippen molar-refractivity contribution < 1.29 is 4.92 Å². The smallest absolute Gasteiger partial charge is 0.297 e. The van der Waals surface area contributed by atoms with Gasteiger partial charge in [-0.05, 0) is 43.7 Å². The van der Waals surface area contributed by atoms with E-state index >= 15 is 0 Å². The fraction of sp³-hybridized carbons (Fsp3) is 0.143. The van der Waals surface area contributed by atoms with Crippen LogP contribution < -0.4 is 5.43 Å². The Morgan fingerprint density at radius 3 is 2.60 bits per heavy atom. The van der Waals surface area contributed by atoms with Gasteiger partial charge in [0.2, 0.25) is 0 Å². The van der Waals surface area contributed by atoms with Gasteiger partial charge in [0, 0.05) is 5.56 Å². The summed E-state index contributed by atoms with van der Waals surface area (Å²) in [6.07, 6.45) is 6.77. The lowest BCUT2D eigenvalue weighted by Gasteiger charge is -2.08. The Bertz CT molecular complexity index is 672. The van der Waals surface area contributed by atoms with Gasteiger partial charge in [-0.2, -0.15) is 5.10 Å². The molecule has 0 saturated carbocycles. The first-order valence-electron chi connectivity index (χ1n) is 6.02. The molecule has 0 atom stereocenters. The summed E-state index contributed by atoms with van der Waals surface area (Å²) in [6.45, 7) is 3.55. The Morgan fingerprint density at radius 1 is 1.25 bits per heavy atom. The molecule has 0 aliphatic heterocycles. The van der Waals surface area contributed by atoms with Crippen LogP contribution in [0.15, 0.2) is 41.5 Å². The van der Waals surface area contributed by atoms with Crippen molar-refractivity contribution in [1.82, 2.24) is 0 Å². The Morgan fingerprint density at radius 2 is 1.95 bits per heavy atom. The summed E-state index contributed by atoms with van der Waals surface area (Å²) in [5, 5.41) is 22.9. The van der Waals surface area contributed by atoms with Crippen LogP contribution in [0.4, 0.5) is 11.4 Å². The molecular formula is C14H14N4O2. The number of hydrazone groups is 1. The summed E-state index contributed by atoms with van der Waals surface area (Å²) >= 11 is 0. The second kappa shape index (κ2) is 5.48. The average molecular weight is 270 g/mol. The first-order chi connectivity index (χ1) is 9.49. The average Bonchev–Trinajstić information content (AvgIpc) is 2.36. The first-order valence-corrected chi connectivity index (χ1v) is 6.02. The number of hydrogen-bond acceptors (Lipinski definition) is 5. The summed E-state index contributed by atoms with van der Waals surface area (Å²) in [5.41, 5.74) is 5.20. The zero-order valence-corrected chi connectivity index (χ0v) is 11.2. The lowest BCUT2D eigenvalue weighted by molar-refractivity contribution is -0.384. The molecule has 102 valence electrons. The fourth-order valence-electron chi connectivity index (χ4n) is 1.98. The molecule has 6 heteroatoms. The van der Waals surface area contributed by atoms with Crippen LogP contribution in [0.1, 0.15) is 11.1 Å². The molecule has 0 radical (unpaired) electrons. The van der Waals surface area contributed by atoms with E-state index in [-0.39, 0.29) is 11.4 Å². The van der Waals surface area contributed by atoms with Crippen molar-refractivity contribution in [3.8, 4) is 0 Å². The molecule has 1 aromatic carbocycles. The molecule has 2 rings (SSSR count). The van der Waals surface area contributed by atoms with Gasteiger partial charge >= 0.3 is 0 Å². The summed E-state index contributed by atoms with van der Waals surface area (Å²) in [4.78, 5) is 10.7. The number of allylic oxidation sites excluding steroid dienone is 4. The quantitative estimate of drug-likeness (QED) is 0.502. The van der Waals surface area contributed by atoms with Crippen molar-refractivity contribution in [2.45, 2.75) is 13.8 Å². The van der Waals surface area contributed by atoms with E-state index in [9.17, 15) is 10.1 Å². The summed E-state index contributed by atoms with van der Waals surface area (Å²) < 4.78 is 0. The maximum absolute atomic E-state index is 11.1. The first kappa shape index (κ1) is 13.7. The fourth-order valence-corrected chi connectivity index (χ4v) is 1.98. The molecule has 1 aliphatic rings. The van der Waals surface area contributed by atoms with Gasteiger partial charge in [0.15, 0.2) is 0 Å². The highest BCUT2D eigenvalue weighted by Gasteiger charge is 2.18. The molecule has 6 nitrogen and oxygen atoms in total. The molecule has 0 unspecified atom stereocenters. The maximum Gasteiger partial charge on any atom is 0.297 e. The minimum atomic E-state index is -0.431. The standard InChI is InChI=1S/C14H14N4O2/c1-9-7-10(2)14(18(19)20)13(8-9)17-16-12-6-4-3-5-11(12)15/h3-8,15,17H,1-2H3/b15-11?,16-12-. The van der Waals surface area contributed by atoms with Crippen LogP contribution in [0.2, 0.25) is 0 Å². The minimum absolute atomic E-state index is 0.00168. The zero-order chi connectivity index (χ0) is 14.7. The Hall–Kier alpha value is -2.76. The summed E-state index contributed by atoms with van der Waals surface area (Å²) in [5.74, 6) is 0. The largest absolute Gasteiger partial charge is 0.299 e. The molecule has 0 heterocycles. The SMILES string of the molecule is Cc1cc(C)c([N+](=O)[O-])c(N/N=C2/C=CC=CC2=N)c1. The van der Waals surface area contributed by atoms with Gasteiger partial charge in [-0.15, -0.1) is 0 Å². The molecule has 0 saturated heterocycles. The second-order valence-corrected chi connectivity index (χ2v) is 4.48. The lowest BCUT2D eigenvalue weighted by atomic mass is 10.1. The van der Waals surface area contributed by atoms with Gasteiger partial charge in [0.1, 0.15) is 11.4 Å². The number of anilines is 1. The number of nitro groups is 1. The molecule has 1 aromatic rings. The van der Waals surface area contributed by atoms with Gasteiger partial charge in [-0.3, -0.25) is 20.9 Å². The van der Waals surface area contributed by atoms with E-state index in [2.05, 4.69) is 10.5 Å². The predicted octanol–water partition coefficient (Wildman–Crippen LogP) is 3.13. The van der Waals surface area contributed by atoms with Gasteiger partial charge in [0.25, 0.3) is 5.69 Å². The van der Waals surface area contributed by atoms with Crippen LogP contribution >= 0.6 is 0 Å². The van der Waals surface area contributed by atoms with Gasteiger partial charge < -0.3 is 0 Å². The third-order valence-corrected chi connectivity index (χ3v) is 2.83. The van der Waals surface area contributed by atoms with Gasteiger partial charge in [-0.1, -0.05) is 12.2 Å². The molecular weight excluding hydrogens is 256 g/mol. The Labute approximate surface area is 116 Å².